The fourth-order valence-electron chi connectivity index (χ4n) is 0.694. The summed E-state index contributed by atoms with van der Waals surface area (Å²) in [7, 11) is 1.97. The van der Waals surface area contributed by atoms with Crippen molar-refractivity contribution in [3.05, 3.63) is 11.2 Å². The average Bonchev–Trinajstić information content (AvgIpc) is 2.45. The zero-order chi connectivity index (χ0) is 10.8. The molecular formula is C8H13BN2OS2. The molecule has 0 radical (unpaired) electrons. The first-order valence-corrected chi connectivity index (χ1v) is 6.26. The van der Waals surface area contributed by atoms with E-state index in [4.69, 9.17) is 0 Å². The predicted molar refractivity (Wildman–Crippen MR) is 65.8 cm³/mol. The van der Waals surface area contributed by atoms with Gasteiger partial charge in [-0.05, 0) is 25.5 Å². The first kappa shape index (κ1) is 11.7. The third-order valence-corrected chi connectivity index (χ3v) is 3.69. The van der Waals surface area contributed by atoms with E-state index in [1.807, 2.05) is 28.6 Å². The molecule has 0 aliphatic rings. The Labute approximate surface area is 92.4 Å². The molecule has 3 nitrogen and oxygen atoms in total. The number of rotatable bonds is 2. The highest BCUT2D eigenvalue weighted by Crippen LogP contribution is 2.16. The van der Waals surface area contributed by atoms with Gasteiger partial charge in [0.1, 0.15) is 22.3 Å². The van der Waals surface area contributed by atoms with Crippen LogP contribution in [-0.4, -0.2) is 28.3 Å². The van der Waals surface area contributed by atoms with Gasteiger partial charge in [-0.25, -0.2) is 4.98 Å². The second-order valence-electron chi connectivity index (χ2n) is 3.89. The molecule has 0 aliphatic carbocycles. The van der Waals surface area contributed by atoms with Crippen molar-refractivity contribution >= 4 is 41.5 Å². The van der Waals surface area contributed by atoms with E-state index in [1.165, 1.54) is 0 Å². The average molecular weight is 228 g/mol. The van der Waals surface area contributed by atoms with E-state index >= 15 is 0 Å². The summed E-state index contributed by atoms with van der Waals surface area (Å²) in [6.07, 6.45) is 1.59. The maximum atomic E-state index is 11.6. The molecule has 76 valence electrons. The fourth-order valence-corrected chi connectivity index (χ4v) is 1.76. The van der Waals surface area contributed by atoms with E-state index < -0.39 is 11.4 Å². The van der Waals surface area contributed by atoms with E-state index in [-0.39, 0.29) is 4.75 Å². The molecule has 0 fully saturated rings. The highest BCUT2D eigenvalue weighted by Gasteiger charge is 2.25. The van der Waals surface area contributed by atoms with Crippen LogP contribution < -0.4 is 4.78 Å². The molecule has 0 amide bonds. The van der Waals surface area contributed by atoms with E-state index in [0.29, 0.717) is 0 Å². The standard InChI is InChI=1S/C8H13BN2OS2/c1-8(2,3)14(12)11-4-6-7(9)13-5-10-6/h4-5H,9H2,1-3H3/b11-4+/t14-/m0/s1. The van der Waals surface area contributed by atoms with Crippen LogP contribution in [0.25, 0.3) is 0 Å². The van der Waals surface area contributed by atoms with Crippen molar-refractivity contribution in [2.24, 2.45) is 4.40 Å². The maximum absolute atomic E-state index is 11.6. The molecular weight excluding hydrogens is 215 g/mol. The van der Waals surface area contributed by atoms with Crippen molar-refractivity contribution in [2.45, 2.75) is 25.5 Å². The van der Waals surface area contributed by atoms with Crippen LogP contribution in [0.3, 0.4) is 0 Å². The molecule has 1 atom stereocenters. The van der Waals surface area contributed by atoms with Crippen LogP contribution in [0.15, 0.2) is 9.91 Å². The SMILES string of the molecule is Bc1scnc1/C=N/[S@@+]([O-])C(C)(C)C. The summed E-state index contributed by atoms with van der Waals surface area (Å²) in [4.78, 5) is 4.10. The molecule has 1 rings (SSSR count). The second-order valence-corrected chi connectivity index (χ2v) is 6.88. The topological polar surface area (TPSA) is 48.3 Å². The summed E-state index contributed by atoms with van der Waals surface area (Å²) in [6, 6.07) is 0. The van der Waals surface area contributed by atoms with Crippen molar-refractivity contribution in [2.75, 3.05) is 0 Å². The third-order valence-electron chi connectivity index (χ3n) is 1.58. The summed E-state index contributed by atoms with van der Waals surface area (Å²) in [5.41, 5.74) is 2.57. The van der Waals surface area contributed by atoms with Crippen molar-refractivity contribution < 1.29 is 4.55 Å². The van der Waals surface area contributed by atoms with Gasteiger partial charge in [-0.15, -0.1) is 11.3 Å². The third kappa shape index (κ3) is 3.11. The molecule has 0 bridgehead atoms. The van der Waals surface area contributed by atoms with Gasteiger partial charge in [-0.3, -0.25) is 0 Å². The van der Waals surface area contributed by atoms with Crippen LogP contribution in [0.1, 0.15) is 26.5 Å². The smallest absolute Gasteiger partial charge is 0.155 e. The van der Waals surface area contributed by atoms with Gasteiger partial charge in [0, 0.05) is 0 Å². The normalized spacial score (nSPS) is 14.9. The Morgan fingerprint density at radius 1 is 1.64 bits per heavy atom. The minimum atomic E-state index is -1.20. The molecule has 0 N–H and O–H groups in total. The Bertz CT molecular complexity index is 332. The first-order valence-electron chi connectivity index (χ1n) is 4.27. The summed E-state index contributed by atoms with van der Waals surface area (Å²) < 4.78 is 16.3. The van der Waals surface area contributed by atoms with E-state index in [2.05, 4.69) is 9.38 Å². The van der Waals surface area contributed by atoms with Crippen molar-refractivity contribution in [3.63, 3.8) is 0 Å². The monoisotopic (exact) mass is 228 g/mol. The fraction of sp³-hybridized carbons (Fsp3) is 0.500. The van der Waals surface area contributed by atoms with Crippen LogP contribution >= 0.6 is 11.3 Å². The summed E-state index contributed by atoms with van der Waals surface area (Å²) in [5, 5.41) is 0. The molecule has 0 aliphatic heterocycles. The highest BCUT2D eigenvalue weighted by molar-refractivity contribution is 7.91. The van der Waals surface area contributed by atoms with Gasteiger partial charge >= 0.3 is 0 Å². The lowest BCUT2D eigenvalue weighted by Gasteiger charge is -2.17. The van der Waals surface area contributed by atoms with Gasteiger partial charge in [-0.2, -0.15) is 0 Å². The molecule has 14 heavy (non-hydrogen) atoms. The Morgan fingerprint density at radius 3 is 2.71 bits per heavy atom. The van der Waals surface area contributed by atoms with Crippen LogP contribution in [0.2, 0.25) is 0 Å². The van der Waals surface area contributed by atoms with Gasteiger partial charge in [0.15, 0.2) is 7.85 Å². The lowest BCUT2D eigenvalue weighted by atomic mass is 10.1. The zero-order valence-corrected chi connectivity index (χ0v) is 10.4. The van der Waals surface area contributed by atoms with Crippen LogP contribution in [0.4, 0.5) is 0 Å². The van der Waals surface area contributed by atoms with E-state index in [0.717, 1.165) is 10.5 Å². The molecule has 6 heteroatoms. The van der Waals surface area contributed by atoms with Crippen LogP contribution in [0, 0.1) is 0 Å². The van der Waals surface area contributed by atoms with Crippen molar-refractivity contribution in [1.29, 1.82) is 0 Å². The molecule has 0 saturated carbocycles. The van der Waals surface area contributed by atoms with E-state index in [9.17, 15) is 4.55 Å². The minimum Gasteiger partial charge on any atom is -0.591 e. The summed E-state index contributed by atoms with van der Waals surface area (Å²) >= 11 is 0.366. The molecule has 1 aromatic rings. The second kappa shape index (κ2) is 4.46. The van der Waals surface area contributed by atoms with Gasteiger partial charge < -0.3 is 4.55 Å². The Kier molecular flexibility index (Phi) is 3.75. The zero-order valence-electron chi connectivity index (χ0n) is 8.77. The molecule has 0 unspecified atom stereocenters. The Morgan fingerprint density at radius 2 is 2.29 bits per heavy atom. The van der Waals surface area contributed by atoms with Crippen LogP contribution in [0.5, 0.6) is 0 Å². The first-order chi connectivity index (χ1) is 6.41. The lowest BCUT2D eigenvalue weighted by Crippen LogP contribution is -2.26. The number of hydrogen-bond donors (Lipinski definition) is 0. The maximum Gasteiger partial charge on any atom is 0.155 e. The molecule has 1 aromatic heterocycles. The molecule has 1 heterocycles. The number of thiazole rings is 1. The highest BCUT2D eigenvalue weighted by atomic mass is 32.2. The number of hydrogen-bond acceptors (Lipinski definition) is 4. The summed E-state index contributed by atoms with van der Waals surface area (Å²) in [6.45, 7) is 5.69. The molecule has 0 spiro atoms. The van der Waals surface area contributed by atoms with Gasteiger partial charge in [0.05, 0.1) is 11.2 Å². The van der Waals surface area contributed by atoms with Gasteiger partial charge in [-0.1, -0.05) is 4.40 Å². The Hall–Kier alpha value is -0.325. The van der Waals surface area contributed by atoms with Crippen molar-refractivity contribution in [3.8, 4) is 0 Å². The summed E-state index contributed by atoms with van der Waals surface area (Å²) in [5.74, 6) is 0. The van der Waals surface area contributed by atoms with Crippen molar-refractivity contribution in [1.82, 2.24) is 4.98 Å². The Balaban J connectivity index is 2.70. The molecule has 0 saturated heterocycles. The van der Waals surface area contributed by atoms with Gasteiger partial charge in [0.25, 0.3) is 0 Å². The molecule has 0 aromatic carbocycles. The van der Waals surface area contributed by atoms with Crippen LogP contribution in [-0.2, 0) is 11.4 Å². The number of nitrogens with zero attached hydrogens (tertiary/aromatic N) is 2. The van der Waals surface area contributed by atoms with Gasteiger partial charge in [0.2, 0.25) is 0 Å². The largest absolute Gasteiger partial charge is 0.591 e. The number of aromatic nitrogens is 1. The quantitative estimate of drug-likeness (QED) is 0.415. The predicted octanol–water partition coefficient (Wildman–Crippen LogP) is 0.283. The lowest BCUT2D eigenvalue weighted by molar-refractivity contribution is 0.562. The minimum absolute atomic E-state index is 0.305. The van der Waals surface area contributed by atoms with E-state index in [1.54, 1.807) is 23.1 Å².